The third kappa shape index (κ3) is 18.1. The van der Waals surface area contributed by atoms with Gasteiger partial charge in [-0.05, 0) is 187 Å². The molecule has 0 amide bonds. The number of aliphatic carboxylic acids is 3. The van der Waals surface area contributed by atoms with Crippen molar-refractivity contribution in [3.05, 3.63) is 333 Å². The van der Waals surface area contributed by atoms with E-state index in [1.54, 1.807) is 79.8 Å². The van der Waals surface area contributed by atoms with Crippen molar-refractivity contribution < 1.29 is 104 Å². The summed E-state index contributed by atoms with van der Waals surface area (Å²) in [4.78, 5) is 49.5. The first-order chi connectivity index (χ1) is 60.5. The standard InChI is InChI=1S/C94H78F9N7O14S4/c1-55-81(85-105-41-14-42-110(85)106-55)127(117,118)108(53-71-37-39-78(122-71)92(95,96)97)50-58-26-32-61(33-27-58)65-16-11-20-69(44-65)90(5,87(113)114)48-67-46-72(123-83(67)93(98,99)100)54-109(128(119,120)82-76(121-7)38-36-63-18-13-40-104-79(63)82)51-59-28-34-62(35-29-59)66-17-12-21-70(45-66)91(6,88(115)116)75-47-73(124-84(75)94(101,102)103)52-107(126-80-56(2)125-77-23-9-8-22-74(77)80)49-57-24-30-60(31-25-57)64-15-10-19-68(43-64)89(3,4)86(111)112/h8-47H,48-54H2,1-7H3,(H,111,112)(H,113,114)(H,115,116). The molecule has 2 unspecified atom stereocenters. The number of furan rings is 3. The van der Waals surface area contributed by atoms with Crippen LogP contribution in [0.3, 0.4) is 0 Å². The zero-order valence-electron chi connectivity index (χ0n) is 69.0. The molecule has 0 aliphatic rings. The van der Waals surface area contributed by atoms with Crippen molar-refractivity contribution in [1.82, 2.24) is 32.5 Å². The molecule has 7 heterocycles. The molecule has 34 heteroatoms. The van der Waals surface area contributed by atoms with Gasteiger partial charge in [-0.2, -0.15) is 53.2 Å². The van der Waals surface area contributed by atoms with Crippen molar-refractivity contribution in [2.45, 2.75) is 137 Å². The van der Waals surface area contributed by atoms with E-state index in [0.717, 1.165) is 70.3 Å². The number of benzene rings is 8. The highest BCUT2D eigenvalue weighted by atomic mass is 32.2. The van der Waals surface area contributed by atoms with Gasteiger partial charge in [0.2, 0.25) is 37.3 Å². The highest BCUT2D eigenvalue weighted by molar-refractivity contribution is 7.97. The quantitative estimate of drug-likeness (QED) is 0.0269. The Morgan fingerprint density at radius 2 is 1.04 bits per heavy atom. The van der Waals surface area contributed by atoms with Gasteiger partial charge in [0.1, 0.15) is 33.3 Å². The maximum atomic E-state index is 15.7. The molecule has 0 radical (unpaired) electrons. The van der Waals surface area contributed by atoms with Crippen LogP contribution in [0.1, 0.15) is 117 Å². The molecule has 0 spiro atoms. The topological polar surface area (TPSA) is 282 Å². The molecular formula is C94H78F9N7O14S4. The fraction of sp³-hybridized carbons (Fsp3) is 0.213. The van der Waals surface area contributed by atoms with Gasteiger partial charge >= 0.3 is 36.4 Å². The first-order valence-electron chi connectivity index (χ1n) is 39.5. The number of pyridine rings is 1. The Labute approximate surface area is 735 Å². The lowest BCUT2D eigenvalue weighted by molar-refractivity contribution is -0.156. The number of halogens is 9. The van der Waals surface area contributed by atoms with Gasteiger partial charge < -0.3 is 33.3 Å². The summed E-state index contributed by atoms with van der Waals surface area (Å²) in [7, 11) is -8.41. The summed E-state index contributed by atoms with van der Waals surface area (Å²) >= 11 is 2.84. The minimum absolute atomic E-state index is 0.00252. The molecule has 128 heavy (non-hydrogen) atoms. The lowest BCUT2D eigenvalue weighted by atomic mass is 9.75. The van der Waals surface area contributed by atoms with Gasteiger partial charge in [0, 0.05) is 74.6 Å². The number of ether oxygens (including phenoxy) is 1. The van der Waals surface area contributed by atoms with Crippen molar-refractivity contribution in [2.75, 3.05) is 7.11 Å². The Morgan fingerprint density at radius 3 is 1.61 bits per heavy atom. The van der Waals surface area contributed by atoms with E-state index in [1.165, 1.54) is 141 Å². The molecular weight excluding hydrogens is 1750 g/mol. The summed E-state index contributed by atoms with van der Waals surface area (Å²) in [5.74, 6) is -10.1. The van der Waals surface area contributed by atoms with E-state index in [9.17, 15) is 51.3 Å². The third-order valence-electron chi connectivity index (χ3n) is 22.6. The fourth-order valence-electron chi connectivity index (χ4n) is 15.5. The summed E-state index contributed by atoms with van der Waals surface area (Å²) in [5, 5.41) is 38.0. The Bertz CT molecular complexity index is 7010. The number of carboxylic acids is 3. The van der Waals surface area contributed by atoms with Crippen LogP contribution < -0.4 is 4.74 Å². The predicted octanol–water partition coefficient (Wildman–Crippen LogP) is 21.8. The van der Waals surface area contributed by atoms with Crippen LogP contribution in [0.2, 0.25) is 0 Å². The lowest BCUT2D eigenvalue weighted by Crippen LogP contribution is -2.35. The number of methoxy groups -OCH3 is 1. The zero-order chi connectivity index (χ0) is 91.5. The fourth-order valence-corrected chi connectivity index (χ4v) is 21.2. The van der Waals surface area contributed by atoms with Crippen LogP contribution in [0.5, 0.6) is 5.75 Å². The molecule has 660 valence electrons. The molecule has 0 aliphatic carbocycles. The van der Waals surface area contributed by atoms with Crippen molar-refractivity contribution in [2.24, 2.45) is 0 Å². The highest BCUT2D eigenvalue weighted by Crippen LogP contribution is 2.48. The second-order valence-corrected chi connectivity index (χ2v) is 37.8. The van der Waals surface area contributed by atoms with Crippen molar-refractivity contribution in [3.8, 4) is 39.1 Å². The average molecular weight is 1830 g/mol. The maximum Gasteiger partial charge on any atom is 0.449 e. The van der Waals surface area contributed by atoms with E-state index >= 15 is 34.8 Å². The summed E-state index contributed by atoms with van der Waals surface area (Å²) in [6, 6.07) is 57.4. The van der Waals surface area contributed by atoms with E-state index in [1.807, 2.05) is 71.9 Å². The molecule has 21 nitrogen and oxygen atoms in total. The number of rotatable bonds is 31. The molecule has 2 atom stereocenters. The number of nitrogens with zero attached hydrogens (tertiary/aromatic N) is 7. The molecule has 0 saturated heterocycles. The van der Waals surface area contributed by atoms with E-state index in [0.29, 0.717) is 44.8 Å². The zero-order valence-corrected chi connectivity index (χ0v) is 72.3. The van der Waals surface area contributed by atoms with Crippen LogP contribution in [-0.2, 0) is 115 Å². The number of sulfonamides is 2. The number of aromatic nitrogens is 4. The minimum Gasteiger partial charge on any atom is -0.495 e. The SMILES string of the molecule is COc1ccc2cccnc2c1S(=O)(=O)N(Cc1ccc(-c2cccc(C(C)(C(=O)O)c3cc(CN(Cc4ccc(-c5cccc(C(C)(C)C(=O)O)c5)cc4)Sc4c(C)sc5ccccc45)oc3C(F)(F)F)c2)cc1)Cc1cc(CC(C)(C(=O)O)c2cccc(-c3ccc(CN(Cc4ccc(C(F)(F)F)o4)S(=O)(=O)c4c(C)nn5cccnc45)cc3)c2)c(C(F)(F)F)o1. The molecule has 15 rings (SSSR count). The first kappa shape index (κ1) is 90.1. The number of alkyl halides is 9. The van der Waals surface area contributed by atoms with Gasteiger partial charge in [-0.25, -0.2) is 30.6 Å². The molecule has 0 fully saturated rings. The molecule has 8 aromatic carbocycles. The Kier molecular flexibility index (Phi) is 24.5. The Hall–Kier alpha value is -12.7. The Morgan fingerprint density at radius 1 is 0.500 bits per heavy atom. The number of hydrogen-bond acceptors (Lipinski definition) is 17. The molecule has 0 saturated carbocycles. The molecule has 15 aromatic rings. The van der Waals surface area contributed by atoms with E-state index in [4.69, 9.17) is 18.0 Å². The van der Waals surface area contributed by atoms with Gasteiger partial charge in [0.25, 0.3) is 0 Å². The van der Waals surface area contributed by atoms with Crippen molar-refractivity contribution in [1.29, 1.82) is 0 Å². The maximum absolute atomic E-state index is 15.7. The highest BCUT2D eigenvalue weighted by Gasteiger charge is 2.50. The number of fused-ring (bicyclic) bond motifs is 3. The molecule has 0 aliphatic heterocycles. The first-order valence-corrected chi connectivity index (χ1v) is 44.0. The predicted molar refractivity (Wildman–Crippen MR) is 461 cm³/mol. The van der Waals surface area contributed by atoms with Crippen molar-refractivity contribution >= 4 is 87.9 Å². The monoisotopic (exact) mass is 1830 g/mol. The summed E-state index contributed by atoms with van der Waals surface area (Å²) < 4.78 is 224. The van der Waals surface area contributed by atoms with Crippen LogP contribution in [0, 0.1) is 13.8 Å². The van der Waals surface area contributed by atoms with E-state index < -0.39 is 144 Å². The lowest BCUT2D eigenvalue weighted by Gasteiger charge is -2.26. The van der Waals surface area contributed by atoms with Gasteiger partial charge in [0.15, 0.2) is 10.5 Å². The number of aryl methyl sites for hydroxylation is 2. The number of carboxylic acid groups (broad SMARTS) is 3. The average Bonchev–Trinajstić information content (AvgIpc) is 1.53. The normalized spacial score (nSPS) is 13.6. The van der Waals surface area contributed by atoms with Crippen LogP contribution in [0.4, 0.5) is 39.5 Å². The molecule has 0 bridgehead atoms. The van der Waals surface area contributed by atoms with Gasteiger partial charge in [0.05, 0.1) is 48.8 Å². The summed E-state index contributed by atoms with van der Waals surface area (Å²) in [5.41, 5.74) is -2.61. The summed E-state index contributed by atoms with van der Waals surface area (Å²) in [6.07, 6.45) is -12.2. The van der Waals surface area contributed by atoms with Crippen LogP contribution in [-0.4, -0.2) is 89.7 Å². The van der Waals surface area contributed by atoms with E-state index in [-0.39, 0.29) is 68.8 Å². The Balaban J connectivity index is 0.713. The smallest absolute Gasteiger partial charge is 0.449 e. The largest absolute Gasteiger partial charge is 0.495 e. The van der Waals surface area contributed by atoms with Gasteiger partial charge in [-0.1, -0.05) is 164 Å². The minimum atomic E-state index is -5.32. The van der Waals surface area contributed by atoms with Gasteiger partial charge in [-0.3, -0.25) is 19.4 Å². The second kappa shape index (κ2) is 34.8. The summed E-state index contributed by atoms with van der Waals surface area (Å²) in [6.45, 7) is 6.15. The number of carbonyl (C=O) groups is 3. The van der Waals surface area contributed by atoms with Crippen LogP contribution in [0.25, 0.3) is 60.0 Å². The number of hydrogen-bond donors (Lipinski definition) is 3. The van der Waals surface area contributed by atoms with E-state index in [2.05, 4.69) is 15.1 Å². The molecule has 7 aromatic heterocycles. The molecule has 3 N–H and O–H groups in total. The van der Waals surface area contributed by atoms with Crippen LogP contribution >= 0.6 is 23.3 Å². The third-order valence-corrected chi connectivity index (χ3v) is 28.9. The van der Waals surface area contributed by atoms with Gasteiger partial charge in [-0.15, -0.1) is 11.3 Å². The van der Waals surface area contributed by atoms with Crippen LogP contribution in [0.15, 0.2) is 271 Å². The second-order valence-electron chi connectivity index (χ2n) is 31.7. The van der Waals surface area contributed by atoms with Crippen molar-refractivity contribution in [3.63, 3.8) is 0 Å². The number of thiophene rings is 1.